The van der Waals surface area contributed by atoms with Gasteiger partial charge in [0.15, 0.2) is 9.84 Å². The van der Waals surface area contributed by atoms with Crippen LogP contribution in [-0.4, -0.2) is 27.1 Å². The van der Waals surface area contributed by atoms with Crippen molar-refractivity contribution in [1.29, 1.82) is 0 Å². The minimum absolute atomic E-state index is 0.00941. The lowest BCUT2D eigenvalue weighted by Gasteiger charge is -2.10. The van der Waals surface area contributed by atoms with E-state index in [1.54, 1.807) is 36.4 Å². The average Bonchev–Trinajstić information content (AvgIpc) is 2.68. The molecule has 28 heavy (non-hydrogen) atoms. The van der Waals surface area contributed by atoms with Crippen LogP contribution in [0.5, 0.6) is 11.5 Å². The number of hydrogen-bond acceptors (Lipinski definition) is 5. The second-order valence-corrected chi connectivity index (χ2v) is 8.16. The summed E-state index contributed by atoms with van der Waals surface area (Å²) in [5.74, 6) is 1.15. The first kappa shape index (κ1) is 19.4. The molecule has 0 aliphatic rings. The van der Waals surface area contributed by atoms with Gasteiger partial charge in [0.2, 0.25) is 5.91 Å². The molecule has 0 unspecified atom stereocenters. The van der Waals surface area contributed by atoms with Crippen molar-refractivity contribution in [1.82, 2.24) is 0 Å². The summed E-state index contributed by atoms with van der Waals surface area (Å²) in [6, 6.07) is 22.8. The van der Waals surface area contributed by atoms with Crippen LogP contribution < -0.4 is 15.4 Å². The maximum absolute atomic E-state index is 12.1. The Bertz CT molecular complexity index is 1050. The van der Waals surface area contributed by atoms with Crippen LogP contribution in [0.15, 0.2) is 83.8 Å². The predicted molar refractivity (Wildman–Crippen MR) is 110 cm³/mol. The molecule has 2 N–H and O–H groups in total. The second-order valence-electron chi connectivity index (χ2n) is 6.14. The third-order valence-corrected chi connectivity index (χ3v) is 4.94. The molecule has 0 fully saturated rings. The Morgan fingerprint density at radius 3 is 2.21 bits per heavy atom. The Labute approximate surface area is 164 Å². The molecule has 0 spiro atoms. The maximum Gasteiger partial charge on any atom is 0.243 e. The molecule has 3 rings (SSSR count). The Morgan fingerprint density at radius 1 is 0.857 bits per heavy atom. The number of benzene rings is 3. The van der Waals surface area contributed by atoms with Crippen LogP contribution in [0.1, 0.15) is 0 Å². The summed E-state index contributed by atoms with van der Waals surface area (Å²) >= 11 is 0. The first-order valence-electron chi connectivity index (χ1n) is 8.57. The fourth-order valence-corrected chi connectivity index (χ4v) is 3.12. The van der Waals surface area contributed by atoms with E-state index < -0.39 is 9.84 Å². The van der Waals surface area contributed by atoms with E-state index in [0.29, 0.717) is 17.1 Å². The Balaban J connectivity index is 1.54. The van der Waals surface area contributed by atoms with Crippen LogP contribution >= 0.6 is 0 Å². The summed E-state index contributed by atoms with van der Waals surface area (Å²) in [5.41, 5.74) is 1.20. The highest BCUT2D eigenvalue weighted by Gasteiger charge is 2.08. The number of hydrogen-bond donors (Lipinski definition) is 2. The summed E-state index contributed by atoms with van der Waals surface area (Å²) in [6.45, 7) is 0.00941. The number of sulfone groups is 1. The van der Waals surface area contributed by atoms with Crippen molar-refractivity contribution < 1.29 is 17.9 Å². The van der Waals surface area contributed by atoms with Crippen molar-refractivity contribution in [2.45, 2.75) is 4.90 Å². The molecule has 1 amide bonds. The van der Waals surface area contributed by atoms with Crippen molar-refractivity contribution >= 4 is 27.1 Å². The zero-order chi connectivity index (χ0) is 20.0. The molecule has 0 heterocycles. The molecule has 0 atom stereocenters. The van der Waals surface area contributed by atoms with E-state index in [1.807, 2.05) is 30.3 Å². The molecule has 0 saturated carbocycles. The molecule has 0 aliphatic heterocycles. The minimum atomic E-state index is -3.29. The van der Waals surface area contributed by atoms with Crippen LogP contribution in [0.3, 0.4) is 0 Å². The van der Waals surface area contributed by atoms with E-state index >= 15 is 0 Å². The third-order valence-electron chi connectivity index (χ3n) is 3.83. The van der Waals surface area contributed by atoms with Crippen molar-refractivity contribution in [3.63, 3.8) is 0 Å². The lowest BCUT2D eigenvalue weighted by molar-refractivity contribution is -0.114. The minimum Gasteiger partial charge on any atom is -0.457 e. The molecule has 0 bridgehead atoms. The van der Waals surface area contributed by atoms with Gasteiger partial charge in [-0.15, -0.1) is 0 Å². The average molecular weight is 396 g/mol. The largest absolute Gasteiger partial charge is 0.457 e. The monoisotopic (exact) mass is 396 g/mol. The number of rotatable bonds is 7. The van der Waals surface area contributed by atoms with E-state index in [-0.39, 0.29) is 17.3 Å². The van der Waals surface area contributed by atoms with Crippen LogP contribution in [0.4, 0.5) is 11.4 Å². The van der Waals surface area contributed by atoms with Gasteiger partial charge >= 0.3 is 0 Å². The maximum atomic E-state index is 12.1. The number of nitrogens with one attached hydrogen (secondary N) is 2. The van der Waals surface area contributed by atoms with E-state index in [2.05, 4.69) is 10.6 Å². The van der Waals surface area contributed by atoms with Crippen molar-refractivity contribution in [2.24, 2.45) is 0 Å². The SMILES string of the molecule is CS(=O)(=O)c1cccc(NCC(=O)Nc2ccc(Oc3ccccc3)cc2)c1. The molecular formula is C21H20N2O4S. The summed E-state index contributed by atoms with van der Waals surface area (Å²) in [4.78, 5) is 12.3. The van der Waals surface area contributed by atoms with E-state index in [0.717, 1.165) is 12.0 Å². The highest BCUT2D eigenvalue weighted by molar-refractivity contribution is 7.90. The van der Waals surface area contributed by atoms with Crippen molar-refractivity contribution in [3.05, 3.63) is 78.9 Å². The van der Waals surface area contributed by atoms with E-state index in [4.69, 9.17) is 4.74 Å². The van der Waals surface area contributed by atoms with Crippen molar-refractivity contribution in [2.75, 3.05) is 23.4 Å². The van der Waals surface area contributed by atoms with Gasteiger partial charge in [0, 0.05) is 17.6 Å². The lowest BCUT2D eigenvalue weighted by atomic mass is 10.3. The van der Waals surface area contributed by atoms with Gasteiger partial charge in [-0.1, -0.05) is 24.3 Å². The van der Waals surface area contributed by atoms with E-state index in [9.17, 15) is 13.2 Å². The van der Waals surface area contributed by atoms with Crippen LogP contribution in [-0.2, 0) is 14.6 Å². The molecule has 0 aliphatic carbocycles. The predicted octanol–water partition coefficient (Wildman–Crippen LogP) is 3.93. The highest BCUT2D eigenvalue weighted by atomic mass is 32.2. The fraction of sp³-hybridized carbons (Fsp3) is 0.0952. The molecule has 3 aromatic rings. The Hall–Kier alpha value is -3.32. The van der Waals surface area contributed by atoms with Gasteiger partial charge in [-0.3, -0.25) is 4.79 Å². The zero-order valence-corrected chi connectivity index (χ0v) is 16.1. The van der Waals surface area contributed by atoms with Crippen LogP contribution in [0, 0.1) is 0 Å². The molecule has 0 saturated heterocycles. The first-order chi connectivity index (χ1) is 13.4. The number of carbonyl (C=O) groups is 1. The highest BCUT2D eigenvalue weighted by Crippen LogP contribution is 2.22. The van der Waals surface area contributed by atoms with E-state index in [1.165, 1.54) is 12.1 Å². The topological polar surface area (TPSA) is 84.5 Å². The fourth-order valence-electron chi connectivity index (χ4n) is 2.46. The molecule has 0 radical (unpaired) electrons. The quantitative estimate of drug-likeness (QED) is 0.632. The van der Waals surface area contributed by atoms with Crippen LogP contribution in [0.2, 0.25) is 0 Å². The summed E-state index contributed by atoms with van der Waals surface area (Å²) in [6.07, 6.45) is 1.14. The number of ether oxygens (including phenoxy) is 1. The summed E-state index contributed by atoms with van der Waals surface area (Å²) < 4.78 is 28.9. The summed E-state index contributed by atoms with van der Waals surface area (Å²) in [7, 11) is -3.29. The molecule has 6 nitrogen and oxygen atoms in total. The van der Waals surface area contributed by atoms with Gasteiger partial charge in [0.25, 0.3) is 0 Å². The molecule has 0 aromatic heterocycles. The van der Waals surface area contributed by atoms with Gasteiger partial charge in [-0.2, -0.15) is 0 Å². The van der Waals surface area contributed by atoms with Crippen LogP contribution in [0.25, 0.3) is 0 Å². The number of anilines is 2. The van der Waals surface area contributed by atoms with Gasteiger partial charge in [0.05, 0.1) is 11.4 Å². The molecule has 7 heteroatoms. The Morgan fingerprint density at radius 2 is 1.54 bits per heavy atom. The van der Waals surface area contributed by atoms with Gasteiger partial charge < -0.3 is 15.4 Å². The smallest absolute Gasteiger partial charge is 0.243 e. The second kappa shape index (κ2) is 8.58. The normalized spacial score (nSPS) is 10.9. The molecular weight excluding hydrogens is 376 g/mol. The van der Waals surface area contributed by atoms with Gasteiger partial charge in [-0.25, -0.2) is 8.42 Å². The summed E-state index contributed by atoms with van der Waals surface area (Å²) in [5, 5.41) is 5.69. The zero-order valence-electron chi connectivity index (χ0n) is 15.3. The van der Waals surface area contributed by atoms with Gasteiger partial charge in [0.1, 0.15) is 11.5 Å². The lowest BCUT2D eigenvalue weighted by Crippen LogP contribution is -2.21. The molecule has 144 valence electrons. The standard InChI is InChI=1S/C21H20N2O4S/c1-28(25,26)20-9-5-6-17(14-20)22-15-21(24)23-16-10-12-19(13-11-16)27-18-7-3-2-4-8-18/h2-14,22H,15H2,1H3,(H,23,24). The number of para-hydroxylation sites is 1. The third kappa shape index (κ3) is 5.59. The first-order valence-corrected chi connectivity index (χ1v) is 10.5. The van der Waals surface area contributed by atoms with Gasteiger partial charge in [-0.05, 0) is 54.6 Å². The molecule has 3 aromatic carbocycles. The van der Waals surface area contributed by atoms with Crippen molar-refractivity contribution in [3.8, 4) is 11.5 Å². The Kier molecular flexibility index (Phi) is 5.96. The number of amides is 1. The number of carbonyl (C=O) groups excluding carboxylic acids is 1.